The van der Waals surface area contributed by atoms with Gasteiger partial charge >= 0.3 is 0 Å². The molecule has 5 heteroatoms. The SMILES string of the molecule is Cc1cccc(C)c1NC(=O)C1(NC(=O)c2ccccc2O)CCCC1. The number of para-hydroxylation sites is 2. The number of benzene rings is 2. The molecule has 0 aromatic heterocycles. The predicted octanol–water partition coefficient (Wildman–Crippen LogP) is 3.69. The van der Waals surface area contributed by atoms with Crippen LogP contribution in [-0.4, -0.2) is 22.5 Å². The first kappa shape index (κ1) is 18.0. The third kappa shape index (κ3) is 3.43. The highest BCUT2D eigenvalue weighted by molar-refractivity contribution is 6.05. The first-order chi connectivity index (χ1) is 12.4. The summed E-state index contributed by atoms with van der Waals surface area (Å²) in [5, 5.41) is 15.8. The van der Waals surface area contributed by atoms with Gasteiger partial charge in [-0.1, -0.05) is 43.2 Å². The van der Waals surface area contributed by atoms with Gasteiger partial charge in [0.25, 0.3) is 5.91 Å². The summed E-state index contributed by atoms with van der Waals surface area (Å²) < 4.78 is 0. The Bertz CT molecular complexity index is 819. The molecule has 5 nitrogen and oxygen atoms in total. The van der Waals surface area contributed by atoms with Crippen molar-refractivity contribution < 1.29 is 14.7 Å². The van der Waals surface area contributed by atoms with Gasteiger partial charge in [-0.2, -0.15) is 0 Å². The molecular weight excluding hydrogens is 328 g/mol. The van der Waals surface area contributed by atoms with E-state index in [4.69, 9.17) is 0 Å². The van der Waals surface area contributed by atoms with Crippen LogP contribution in [0.3, 0.4) is 0 Å². The van der Waals surface area contributed by atoms with Crippen molar-refractivity contribution in [1.82, 2.24) is 5.32 Å². The number of hydrogen-bond donors (Lipinski definition) is 3. The molecule has 136 valence electrons. The monoisotopic (exact) mass is 352 g/mol. The van der Waals surface area contributed by atoms with Crippen molar-refractivity contribution in [2.24, 2.45) is 0 Å². The molecule has 1 saturated carbocycles. The lowest BCUT2D eigenvalue weighted by Gasteiger charge is -2.30. The van der Waals surface area contributed by atoms with Gasteiger partial charge in [-0.15, -0.1) is 0 Å². The van der Waals surface area contributed by atoms with E-state index in [9.17, 15) is 14.7 Å². The van der Waals surface area contributed by atoms with Crippen molar-refractivity contribution >= 4 is 17.5 Å². The number of phenols is 1. The summed E-state index contributed by atoms with van der Waals surface area (Å²) in [5.74, 6) is -0.717. The van der Waals surface area contributed by atoms with Crippen LogP contribution in [0, 0.1) is 13.8 Å². The highest BCUT2D eigenvalue weighted by Crippen LogP contribution is 2.33. The van der Waals surface area contributed by atoms with Gasteiger partial charge in [0.05, 0.1) is 5.56 Å². The van der Waals surface area contributed by atoms with E-state index in [0.717, 1.165) is 29.7 Å². The predicted molar refractivity (Wildman–Crippen MR) is 101 cm³/mol. The maximum atomic E-state index is 13.1. The Balaban J connectivity index is 1.85. The highest BCUT2D eigenvalue weighted by atomic mass is 16.3. The highest BCUT2D eigenvalue weighted by Gasteiger charge is 2.43. The summed E-state index contributed by atoms with van der Waals surface area (Å²) in [4.78, 5) is 25.8. The molecule has 0 spiro atoms. The molecule has 0 atom stereocenters. The molecular formula is C21H24N2O3. The maximum Gasteiger partial charge on any atom is 0.255 e. The van der Waals surface area contributed by atoms with Crippen LogP contribution in [-0.2, 0) is 4.79 Å². The number of carbonyl (C=O) groups is 2. The largest absolute Gasteiger partial charge is 0.507 e. The van der Waals surface area contributed by atoms with Gasteiger partial charge in [0, 0.05) is 5.69 Å². The fraction of sp³-hybridized carbons (Fsp3) is 0.333. The summed E-state index contributed by atoms with van der Waals surface area (Å²) in [6, 6.07) is 12.2. The second kappa shape index (κ2) is 7.20. The fourth-order valence-corrected chi connectivity index (χ4v) is 3.58. The molecule has 3 rings (SSSR count). The standard InChI is InChI=1S/C21H24N2O3/c1-14-8-7-9-15(2)18(14)22-20(26)21(12-5-6-13-21)23-19(25)16-10-3-4-11-17(16)24/h3-4,7-11,24H,5-6,12-13H2,1-2H3,(H,22,26)(H,23,25). The van der Waals surface area contributed by atoms with Crippen LogP contribution in [0.5, 0.6) is 5.75 Å². The topological polar surface area (TPSA) is 78.4 Å². The summed E-state index contributed by atoms with van der Waals surface area (Å²) in [6.07, 6.45) is 2.93. The van der Waals surface area contributed by atoms with Crippen molar-refractivity contribution in [2.45, 2.75) is 45.1 Å². The van der Waals surface area contributed by atoms with Crippen LogP contribution >= 0.6 is 0 Å². The van der Waals surface area contributed by atoms with E-state index in [-0.39, 0.29) is 17.2 Å². The molecule has 3 N–H and O–H groups in total. The number of nitrogens with one attached hydrogen (secondary N) is 2. The number of phenolic OH excluding ortho intramolecular Hbond substituents is 1. The minimum atomic E-state index is -0.950. The zero-order chi connectivity index (χ0) is 18.7. The molecule has 1 aliphatic carbocycles. The molecule has 1 aliphatic rings. The summed E-state index contributed by atoms with van der Waals surface area (Å²) in [6.45, 7) is 3.90. The average molecular weight is 352 g/mol. The van der Waals surface area contributed by atoms with E-state index < -0.39 is 11.4 Å². The Morgan fingerprint density at radius 1 is 0.962 bits per heavy atom. The zero-order valence-electron chi connectivity index (χ0n) is 15.1. The number of rotatable bonds is 4. The van der Waals surface area contributed by atoms with E-state index in [1.54, 1.807) is 18.2 Å². The Morgan fingerprint density at radius 2 is 1.58 bits per heavy atom. The number of aryl methyl sites for hydroxylation is 2. The van der Waals surface area contributed by atoms with Crippen LogP contribution < -0.4 is 10.6 Å². The molecule has 0 unspecified atom stereocenters. The number of amides is 2. The smallest absolute Gasteiger partial charge is 0.255 e. The van der Waals surface area contributed by atoms with Crippen molar-refractivity contribution in [2.75, 3.05) is 5.32 Å². The van der Waals surface area contributed by atoms with Crippen molar-refractivity contribution in [3.05, 3.63) is 59.2 Å². The Labute approximate surface area is 153 Å². The molecule has 0 bridgehead atoms. The Morgan fingerprint density at radius 3 is 2.19 bits per heavy atom. The minimum Gasteiger partial charge on any atom is -0.507 e. The van der Waals surface area contributed by atoms with Crippen LogP contribution in [0.1, 0.15) is 47.2 Å². The lowest BCUT2D eigenvalue weighted by molar-refractivity contribution is -0.122. The van der Waals surface area contributed by atoms with Gasteiger partial charge < -0.3 is 15.7 Å². The summed E-state index contributed by atoms with van der Waals surface area (Å²) in [5.41, 5.74) is 1.99. The minimum absolute atomic E-state index is 0.0895. The van der Waals surface area contributed by atoms with Crippen molar-refractivity contribution in [3.63, 3.8) is 0 Å². The van der Waals surface area contributed by atoms with Gasteiger partial charge in [0.15, 0.2) is 0 Å². The number of anilines is 1. The molecule has 0 heterocycles. The van der Waals surface area contributed by atoms with Gasteiger partial charge in [-0.25, -0.2) is 0 Å². The lowest BCUT2D eigenvalue weighted by atomic mass is 9.94. The first-order valence-corrected chi connectivity index (χ1v) is 8.91. The maximum absolute atomic E-state index is 13.1. The van der Waals surface area contributed by atoms with Gasteiger partial charge in [-0.3, -0.25) is 9.59 Å². The van der Waals surface area contributed by atoms with Gasteiger partial charge in [-0.05, 0) is 49.9 Å². The van der Waals surface area contributed by atoms with Gasteiger partial charge in [0.2, 0.25) is 5.91 Å². The van der Waals surface area contributed by atoms with E-state index in [1.807, 2.05) is 32.0 Å². The second-order valence-electron chi connectivity index (χ2n) is 6.98. The number of carbonyl (C=O) groups excluding carboxylic acids is 2. The third-order valence-electron chi connectivity index (χ3n) is 5.11. The molecule has 0 radical (unpaired) electrons. The van der Waals surface area contributed by atoms with Gasteiger partial charge in [0.1, 0.15) is 11.3 Å². The van der Waals surface area contributed by atoms with Crippen LogP contribution in [0.25, 0.3) is 0 Å². The lowest BCUT2D eigenvalue weighted by Crippen LogP contribution is -2.55. The molecule has 2 aromatic carbocycles. The molecule has 2 aromatic rings. The Kier molecular flexibility index (Phi) is 4.98. The molecule has 0 aliphatic heterocycles. The Hall–Kier alpha value is -2.82. The third-order valence-corrected chi connectivity index (χ3v) is 5.11. The molecule has 1 fully saturated rings. The second-order valence-corrected chi connectivity index (χ2v) is 6.98. The summed E-state index contributed by atoms with van der Waals surface area (Å²) in [7, 11) is 0. The number of aromatic hydroxyl groups is 1. The molecule has 2 amide bonds. The normalized spacial score (nSPS) is 15.5. The van der Waals surface area contributed by atoms with Crippen LogP contribution in [0.2, 0.25) is 0 Å². The number of hydrogen-bond acceptors (Lipinski definition) is 3. The average Bonchev–Trinajstić information content (AvgIpc) is 3.08. The quantitative estimate of drug-likeness (QED) is 0.785. The van der Waals surface area contributed by atoms with Crippen LogP contribution in [0.4, 0.5) is 5.69 Å². The first-order valence-electron chi connectivity index (χ1n) is 8.91. The van der Waals surface area contributed by atoms with Crippen molar-refractivity contribution in [1.29, 1.82) is 0 Å². The van der Waals surface area contributed by atoms with E-state index in [1.165, 1.54) is 6.07 Å². The van der Waals surface area contributed by atoms with E-state index in [2.05, 4.69) is 10.6 Å². The zero-order valence-corrected chi connectivity index (χ0v) is 15.1. The van der Waals surface area contributed by atoms with E-state index >= 15 is 0 Å². The van der Waals surface area contributed by atoms with Crippen molar-refractivity contribution in [3.8, 4) is 5.75 Å². The fourth-order valence-electron chi connectivity index (χ4n) is 3.58. The van der Waals surface area contributed by atoms with E-state index in [0.29, 0.717) is 12.8 Å². The molecule has 0 saturated heterocycles. The molecule has 26 heavy (non-hydrogen) atoms. The summed E-state index contributed by atoms with van der Waals surface area (Å²) >= 11 is 0. The van der Waals surface area contributed by atoms with Crippen LogP contribution in [0.15, 0.2) is 42.5 Å².